The van der Waals surface area contributed by atoms with E-state index in [0.717, 1.165) is 12.6 Å². The third kappa shape index (κ3) is 2.07. The average molecular weight is 238 g/mol. The van der Waals surface area contributed by atoms with E-state index >= 15 is 0 Å². The molecule has 7 nitrogen and oxygen atoms in total. The van der Waals surface area contributed by atoms with Crippen LogP contribution in [0.25, 0.3) is 0 Å². The molecular formula is C5H6N2O5S2. The topological polar surface area (TPSA) is 106 Å². The van der Waals surface area contributed by atoms with Gasteiger partial charge < -0.3 is 5.11 Å². The highest BCUT2D eigenvalue weighted by Gasteiger charge is 2.25. The molecule has 1 rings (SSSR count). The fourth-order valence-electron chi connectivity index (χ4n) is 0.716. The third-order valence-corrected chi connectivity index (χ3v) is 3.81. The molecule has 0 unspecified atom stereocenters. The molecule has 14 heavy (non-hydrogen) atoms. The fourth-order valence-corrected chi connectivity index (χ4v) is 2.65. The van der Waals surface area contributed by atoms with Crippen LogP contribution < -0.4 is 4.89 Å². The molecule has 1 heterocycles. The van der Waals surface area contributed by atoms with E-state index in [2.05, 4.69) is 9.82 Å². The lowest BCUT2D eigenvalue weighted by molar-refractivity contribution is 0.0687. The fraction of sp³-hybridized carbons (Fsp3) is 0.200. The SMILES string of the molecule is CONS(=O)(=O)c1scnc1C(=O)O. The summed E-state index contributed by atoms with van der Waals surface area (Å²) in [6, 6.07) is 0. The number of aromatic nitrogens is 1. The summed E-state index contributed by atoms with van der Waals surface area (Å²) in [5.41, 5.74) is 0.618. The van der Waals surface area contributed by atoms with Crippen LogP contribution in [0, 0.1) is 0 Å². The van der Waals surface area contributed by atoms with Crippen LogP contribution in [0.1, 0.15) is 10.5 Å². The largest absolute Gasteiger partial charge is 0.476 e. The van der Waals surface area contributed by atoms with Crippen LogP contribution in [-0.2, 0) is 14.9 Å². The highest BCUT2D eigenvalue weighted by molar-refractivity contribution is 7.91. The van der Waals surface area contributed by atoms with Crippen LogP contribution in [0.2, 0.25) is 0 Å². The number of hydrogen-bond donors (Lipinski definition) is 2. The normalized spacial score (nSPS) is 11.5. The van der Waals surface area contributed by atoms with Gasteiger partial charge in [-0.3, -0.25) is 4.84 Å². The molecule has 0 spiro atoms. The van der Waals surface area contributed by atoms with Crippen molar-refractivity contribution >= 4 is 27.3 Å². The van der Waals surface area contributed by atoms with Crippen molar-refractivity contribution in [3.05, 3.63) is 11.2 Å². The van der Waals surface area contributed by atoms with Crippen molar-refractivity contribution in [3.63, 3.8) is 0 Å². The number of sulfonamides is 1. The summed E-state index contributed by atoms with van der Waals surface area (Å²) in [5, 5.41) is 8.60. The Bertz CT molecular complexity index is 437. The zero-order valence-electron chi connectivity index (χ0n) is 6.92. The zero-order valence-corrected chi connectivity index (χ0v) is 8.55. The van der Waals surface area contributed by atoms with Crippen molar-refractivity contribution < 1.29 is 23.2 Å². The molecule has 0 aliphatic rings. The number of thiazole rings is 1. The Kier molecular flexibility index (Phi) is 3.16. The van der Waals surface area contributed by atoms with E-state index < -0.39 is 21.7 Å². The predicted octanol–water partition coefficient (Wildman–Crippen LogP) is -0.319. The molecule has 78 valence electrons. The highest BCUT2D eigenvalue weighted by Crippen LogP contribution is 2.19. The first-order chi connectivity index (χ1) is 6.49. The highest BCUT2D eigenvalue weighted by atomic mass is 32.2. The Hall–Kier alpha value is -1.03. The molecule has 0 aliphatic heterocycles. The molecule has 0 aromatic carbocycles. The standard InChI is InChI=1S/C5H6N2O5S2/c1-12-7-14(10,11)5-3(4(8)9)6-2-13-5/h2,7H,1H3,(H,8,9). The monoisotopic (exact) mass is 238 g/mol. The van der Waals surface area contributed by atoms with E-state index in [1.807, 2.05) is 0 Å². The molecular weight excluding hydrogens is 232 g/mol. The number of carboxylic acids is 1. The van der Waals surface area contributed by atoms with Crippen molar-refractivity contribution in [1.29, 1.82) is 0 Å². The number of nitrogens with zero attached hydrogens (tertiary/aromatic N) is 1. The number of rotatable bonds is 4. The quantitative estimate of drug-likeness (QED) is 0.696. The van der Waals surface area contributed by atoms with Gasteiger partial charge in [0.1, 0.15) is 0 Å². The predicted molar refractivity (Wildman–Crippen MR) is 46.4 cm³/mol. The minimum atomic E-state index is -3.94. The van der Waals surface area contributed by atoms with Gasteiger partial charge in [0.15, 0.2) is 9.90 Å². The van der Waals surface area contributed by atoms with Crippen LogP contribution in [0.4, 0.5) is 0 Å². The van der Waals surface area contributed by atoms with Crippen LogP contribution in [-0.4, -0.2) is 31.6 Å². The summed E-state index contributed by atoms with van der Waals surface area (Å²) < 4.78 is 22.2. The van der Waals surface area contributed by atoms with E-state index in [9.17, 15) is 13.2 Å². The van der Waals surface area contributed by atoms with E-state index in [1.54, 1.807) is 4.89 Å². The first-order valence-corrected chi connectivity index (χ1v) is 5.57. The second kappa shape index (κ2) is 4.00. The molecule has 9 heteroatoms. The van der Waals surface area contributed by atoms with E-state index in [1.165, 1.54) is 0 Å². The van der Waals surface area contributed by atoms with Gasteiger partial charge in [-0.05, 0) is 0 Å². The van der Waals surface area contributed by atoms with Gasteiger partial charge in [0.2, 0.25) is 0 Å². The second-order valence-corrected chi connectivity index (χ2v) is 4.78. The van der Waals surface area contributed by atoms with Crippen molar-refractivity contribution in [2.75, 3.05) is 7.11 Å². The van der Waals surface area contributed by atoms with Gasteiger partial charge in [0.25, 0.3) is 10.0 Å². The maximum Gasteiger partial charge on any atom is 0.356 e. The van der Waals surface area contributed by atoms with Gasteiger partial charge in [-0.15, -0.1) is 11.3 Å². The lowest BCUT2D eigenvalue weighted by atomic mass is 10.5. The van der Waals surface area contributed by atoms with Gasteiger partial charge >= 0.3 is 5.97 Å². The zero-order chi connectivity index (χ0) is 10.8. The molecule has 0 saturated heterocycles. The van der Waals surface area contributed by atoms with Crippen molar-refractivity contribution in [1.82, 2.24) is 9.87 Å². The Balaban J connectivity index is 3.19. The van der Waals surface area contributed by atoms with Crippen molar-refractivity contribution in [2.24, 2.45) is 0 Å². The molecule has 0 amide bonds. The Morgan fingerprint density at radius 1 is 1.71 bits per heavy atom. The Morgan fingerprint density at radius 3 is 2.86 bits per heavy atom. The van der Waals surface area contributed by atoms with Crippen molar-refractivity contribution in [2.45, 2.75) is 4.21 Å². The van der Waals surface area contributed by atoms with Gasteiger partial charge in [0.05, 0.1) is 12.6 Å². The average Bonchev–Trinajstić information content (AvgIpc) is 2.51. The summed E-state index contributed by atoms with van der Waals surface area (Å²) in [7, 11) is -2.83. The maximum absolute atomic E-state index is 11.3. The maximum atomic E-state index is 11.3. The van der Waals surface area contributed by atoms with Crippen LogP contribution in [0.15, 0.2) is 9.72 Å². The smallest absolute Gasteiger partial charge is 0.356 e. The minimum absolute atomic E-state index is 0.383. The van der Waals surface area contributed by atoms with Gasteiger partial charge in [0, 0.05) is 0 Å². The summed E-state index contributed by atoms with van der Waals surface area (Å²) in [6.07, 6.45) is 0. The van der Waals surface area contributed by atoms with E-state index in [0.29, 0.717) is 11.3 Å². The number of hydrogen-bond acceptors (Lipinski definition) is 6. The molecule has 0 atom stereocenters. The van der Waals surface area contributed by atoms with Crippen LogP contribution in [0.5, 0.6) is 0 Å². The molecule has 1 aromatic heterocycles. The van der Waals surface area contributed by atoms with Gasteiger partial charge in [-0.2, -0.15) is 0 Å². The third-order valence-electron chi connectivity index (χ3n) is 1.17. The van der Waals surface area contributed by atoms with Gasteiger partial charge in [-0.25, -0.2) is 18.2 Å². The van der Waals surface area contributed by atoms with Crippen LogP contribution >= 0.6 is 11.3 Å². The molecule has 0 saturated carbocycles. The van der Waals surface area contributed by atoms with E-state index in [-0.39, 0.29) is 4.21 Å². The number of aromatic carboxylic acids is 1. The van der Waals surface area contributed by atoms with Gasteiger partial charge in [-0.1, -0.05) is 4.89 Å². The molecule has 0 fully saturated rings. The molecule has 2 N–H and O–H groups in total. The molecule has 0 aliphatic carbocycles. The first kappa shape index (κ1) is 11.0. The number of nitrogens with one attached hydrogen (secondary N) is 1. The molecule has 0 radical (unpaired) electrons. The lowest BCUT2D eigenvalue weighted by Gasteiger charge is -2.00. The Labute approximate surface area is 83.4 Å². The summed E-state index contributed by atoms with van der Waals surface area (Å²) in [5.74, 6) is -1.40. The van der Waals surface area contributed by atoms with Crippen molar-refractivity contribution in [3.8, 4) is 0 Å². The molecule has 1 aromatic rings. The second-order valence-electron chi connectivity index (χ2n) is 2.08. The lowest BCUT2D eigenvalue weighted by Crippen LogP contribution is -2.23. The van der Waals surface area contributed by atoms with E-state index in [4.69, 9.17) is 5.11 Å². The Morgan fingerprint density at radius 2 is 2.36 bits per heavy atom. The minimum Gasteiger partial charge on any atom is -0.476 e. The van der Waals surface area contributed by atoms with Crippen LogP contribution in [0.3, 0.4) is 0 Å². The summed E-state index contributed by atoms with van der Waals surface area (Å²) in [6.45, 7) is 0. The molecule has 0 bridgehead atoms. The number of carbonyl (C=O) groups is 1. The number of carboxylic acid groups (broad SMARTS) is 1. The first-order valence-electron chi connectivity index (χ1n) is 3.20. The summed E-state index contributed by atoms with van der Waals surface area (Å²) >= 11 is 0.702. The summed E-state index contributed by atoms with van der Waals surface area (Å²) in [4.78, 5) is 19.9.